The number of aromatic nitrogens is 1. The molecule has 4 aromatic rings. The minimum atomic E-state index is -3.13. The van der Waals surface area contributed by atoms with E-state index in [4.69, 9.17) is 0 Å². The fourth-order valence-corrected chi connectivity index (χ4v) is 9.60. The molecule has 0 spiro atoms. The summed E-state index contributed by atoms with van der Waals surface area (Å²) in [6.45, 7) is 8.07. The number of nitrogens with one attached hydrogen (secondary N) is 1. The predicted molar refractivity (Wildman–Crippen MR) is 152 cm³/mol. The van der Waals surface area contributed by atoms with Crippen molar-refractivity contribution in [1.29, 1.82) is 0 Å². The number of H-pyrrole nitrogens is 1. The van der Waals surface area contributed by atoms with Crippen LogP contribution in [0, 0.1) is 5.92 Å². The highest BCUT2D eigenvalue weighted by Gasteiger charge is 2.49. The van der Waals surface area contributed by atoms with Crippen LogP contribution in [0.3, 0.4) is 0 Å². The molecular weight excluding hydrogens is 482 g/mol. The quantitative estimate of drug-likeness (QED) is 0.237. The number of carbonyl (C=O) groups excluding carboxylic acids is 1. The summed E-state index contributed by atoms with van der Waals surface area (Å²) in [6.07, 6.45) is 3.08. The van der Waals surface area contributed by atoms with Gasteiger partial charge in [0.2, 0.25) is 0 Å². The summed E-state index contributed by atoms with van der Waals surface area (Å²) in [5.41, 5.74) is 2.41. The summed E-state index contributed by atoms with van der Waals surface area (Å²) in [6, 6.07) is 25.9. The third kappa shape index (κ3) is 4.90. The number of fused-ring (bicyclic) bond motifs is 1. The topological polar surface area (TPSA) is 70.2 Å². The SMILES string of the molecule is CC(C)C(=O)c1cc2cc(CCC(C)(C)[Si](O)(c3ccccc3)c3ccccc3)c([S@@](C)=O)cc2[nH]1. The molecule has 2 N–H and O–H groups in total. The molecule has 0 saturated heterocycles. The van der Waals surface area contributed by atoms with E-state index in [9.17, 15) is 13.8 Å². The number of Topliss-reactive ketones (excluding diaryl/α,β-unsaturated/α-hetero) is 1. The Bertz CT molecular complexity index is 1350. The molecule has 4 rings (SSSR count). The van der Waals surface area contributed by atoms with Crippen molar-refractivity contribution in [3.05, 3.63) is 90.1 Å². The van der Waals surface area contributed by atoms with Crippen LogP contribution in [0.5, 0.6) is 0 Å². The normalized spacial score (nSPS) is 13.3. The smallest absolute Gasteiger partial charge is 0.258 e. The lowest BCUT2D eigenvalue weighted by molar-refractivity contribution is 0.0935. The second kappa shape index (κ2) is 10.3. The van der Waals surface area contributed by atoms with E-state index in [1.165, 1.54) is 0 Å². The van der Waals surface area contributed by atoms with Crippen LogP contribution < -0.4 is 10.4 Å². The first-order chi connectivity index (χ1) is 17.0. The van der Waals surface area contributed by atoms with E-state index in [2.05, 4.69) is 24.9 Å². The van der Waals surface area contributed by atoms with E-state index in [1.807, 2.05) is 86.6 Å². The minimum absolute atomic E-state index is 0.0647. The molecule has 0 fully saturated rings. The highest BCUT2D eigenvalue weighted by molar-refractivity contribution is 7.84. The lowest BCUT2D eigenvalue weighted by Gasteiger charge is -2.41. The molecule has 1 aromatic heterocycles. The van der Waals surface area contributed by atoms with E-state index in [-0.39, 0.29) is 11.7 Å². The van der Waals surface area contributed by atoms with Crippen LogP contribution in [0.1, 0.15) is 50.2 Å². The lowest BCUT2D eigenvalue weighted by Crippen LogP contribution is -2.65. The van der Waals surface area contributed by atoms with Crippen LogP contribution >= 0.6 is 0 Å². The van der Waals surface area contributed by atoms with Gasteiger partial charge in [-0.25, -0.2) is 0 Å². The molecule has 0 radical (unpaired) electrons. The zero-order chi connectivity index (χ0) is 26.1. The van der Waals surface area contributed by atoms with Gasteiger partial charge in [0.25, 0.3) is 8.32 Å². The number of aryl methyl sites for hydroxylation is 1. The standard InChI is InChI=1S/C30H35NO3SSi/c1-21(2)29(32)27-19-23-18-22(28(35(5)33)20-26(23)31-27)16-17-30(3,4)36(34,24-12-8-6-9-13-24)25-14-10-7-11-15-25/h6-15,18-21,31,34H,16-17H2,1-5H3/t35-/m1/s1. The monoisotopic (exact) mass is 517 g/mol. The second-order valence-corrected chi connectivity index (χ2v) is 15.8. The molecule has 188 valence electrons. The highest BCUT2D eigenvalue weighted by Crippen LogP contribution is 2.40. The van der Waals surface area contributed by atoms with Crippen molar-refractivity contribution >= 4 is 46.2 Å². The minimum Gasteiger partial charge on any atom is -0.424 e. The van der Waals surface area contributed by atoms with Gasteiger partial charge in [0.05, 0.1) is 16.5 Å². The van der Waals surface area contributed by atoms with E-state index in [1.54, 1.807) is 6.26 Å². The predicted octanol–water partition coefficient (Wildman–Crippen LogP) is 5.21. The van der Waals surface area contributed by atoms with Crippen LogP contribution in [0.2, 0.25) is 5.04 Å². The molecule has 0 bridgehead atoms. The van der Waals surface area contributed by atoms with Crippen LogP contribution in [0.4, 0.5) is 0 Å². The van der Waals surface area contributed by atoms with Gasteiger partial charge in [0, 0.05) is 28.0 Å². The number of rotatable bonds is 9. The van der Waals surface area contributed by atoms with Crippen LogP contribution in [-0.2, 0) is 17.2 Å². The largest absolute Gasteiger partial charge is 0.424 e. The molecule has 4 nitrogen and oxygen atoms in total. The van der Waals surface area contributed by atoms with Crippen molar-refractivity contribution in [2.24, 2.45) is 5.92 Å². The fraction of sp³-hybridized carbons (Fsp3) is 0.300. The van der Waals surface area contributed by atoms with E-state index in [0.29, 0.717) is 12.1 Å². The van der Waals surface area contributed by atoms with Crippen molar-refractivity contribution in [2.75, 3.05) is 6.26 Å². The molecule has 0 unspecified atom stereocenters. The van der Waals surface area contributed by atoms with Crippen molar-refractivity contribution in [3.63, 3.8) is 0 Å². The Morgan fingerprint density at radius 3 is 2.03 bits per heavy atom. The van der Waals surface area contributed by atoms with Gasteiger partial charge >= 0.3 is 0 Å². The van der Waals surface area contributed by atoms with Crippen LogP contribution in [0.25, 0.3) is 10.9 Å². The average molecular weight is 518 g/mol. The molecule has 0 amide bonds. The molecule has 0 aliphatic rings. The maximum absolute atomic E-state index is 12.7. The highest BCUT2D eigenvalue weighted by atomic mass is 32.2. The molecular formula is C30H35NO3SSi. The van der Waals surface area contributed by atoms with Gasteiger partial charge in [-0.1, -0.05) is 88.4 Å². The summed E-state index contributed by atoms with van der Waals surface area (Å²) in [4.78, 5) is 29.0. The molecule has 6 heteroatoms. The third-order valence-electron chi connectivity index (χ3n) is 7.28. The van der Waals surface area contributed by atoms with Gasteiger partial charge in [-0.2, -0.15) is 0 Å². The average Bonchev–Trinajstić information content (AvgIpc) is 3.29. The number of ketones is 1. The van der Waals surface area contributed by atoms with Gasteiger partial charge in [-0.15, -0.1) is 0 Å². The van der Waals surface area contributed by atoms with Crippen molar-refractivity contribution in [2.45, 2.75) is 50.5 Å². The summed E-state index contributed by atoms with van der Waals surface area (Å²) in [5, 5.41) is 2.50. The number of hydrogen-bond acceptors (Lipinski definition) is 3. The van der Waals surface area contributed by atoms with E-state index in [0.717, 1.165) is 38.2 Å². The van der Waals surface area contributed by atoms with Gasteiger partial charge < -0.3 is 9.78 Å². The lowest BCUT2D eigenvalue weighted by atomic mass is 10.0. The van der Waals surface area contributed by atoms with Crippen molar-refractivity contribution in [3.8, 4) is 0 Å². The number of aromatic amines is 1. The second-order valence-electron chi connectivity index (χ2n) is 10.5. The maximum Gasteiger partial charge on any atom is 0.258 e. The molecule has 0 aliphatic heterocycles. The van der Waals surface area contributed by atoms with Crippen molar-refractivity contribution in [1.82, 2.24) is 4.98 Å². The Morgan fingerprint density at radius 1 is 0.972 bits per heavy atom. The molecule has 1 atom stereocenters. The number of carbonyl (C=O) groups is 1. The number of hydrogen-bond donors (Lipinski definition) is 2. The molecule has 1 heterocycles. The van der Waals surface area contributed by atoms with Gasteiger partial charge in [-0.05, 0) is 52.0 Å². The van der Waals surface area contributed by atoms with Crippen LogP contribution in [0.15, 0.2) is 83.8 Å². The number of benzene rings is 3. The molecule has 0 aliphatic carbocycles. The van der Waals surface area contributed by atoms with Gasteiger partial charge in [0.15, 0.2) is 5.78 Å². The first-order valence-electron chi connectivity index (χ1n) is 12.4. The summed E-state index contributed by atoms with van der Waals surface area (Å²) < 4.78 is 12.7. The fourth-order valence-electron chi connectivity index (χ4n) is 5.05. The first-order valence-corrected chi connectivity index (χ1v) is 15.9. The summed E-state index contributed by atoms with van der Waals surface area (Å²) in [7, 11) is -4.32. The Morgan fingerprint density at radius 2 is 1.53 bits per heavy atom. The Balaban J connectivity index is 1.73. The molecule has 3 aromatic carbocycles. The maximum atomic E-state index is 12.7. The summed E-state index contributed by atoms with van der Waals surface area (Å²) in [5.74, 6) is -0.0356. The molecule has 36 heavy (non-hydrogen) atoms. The first kappa shape index (κ1) is 26.3. The summed E-state index contributed by atoms with van der Waals surface area (Å²) >= 11 is 0. The Hall–Kier alpha value is -2.80. The Labute approximate surface area is 217 Å². The molecule has 0 saturated carbocycles. The Kier molecular flexibility index (Phi) is 7.50. The van der Waals surface area contributed by atoms with Gasteiger partial charge in [-0.3, -0.25) is 9.00 Å². The van der Waals surface area contributed by atoms with Crippen LogP contribution in [-0.4, -0.2) is 34.3 Å². The van der Waals surface area contributed by atoms with E-state index >= 15 is 0 Å². The zero-order valence-corrected chi connectivity index (χ0v) is 23.5. The van der Waals surface area contributed by atoms with Gasteiger partial charge in [0.1, 0.15) is 0 Å². The van der Waals surface area contributed by atoms with Crippen molar-refractivity contribution < 1.29 is 13.8 Å². The third-order valence-corrected chi connectivity index (χ3v) is 12.8. The zero-order valence-electron chi connectivity index (χ0n) is 21.7. The van der Waals surface area contributed by atoms with E-state index < -0.39 is 24.2 Å².